The van der Waals surface area contributed by atoms with Gasteiger partial charge in [0.05, 0.1) is 0 Å². The summed E-state index contributed by atoms with van der Waals surface area (Å²) in [5, 5.41) is 0. The third-order valence-corrected chi connectivity index (χ3v) is 8.56. The lowest BCUT2D eigenvalue weighted by atomic mass is 9.51. The van der Waals surface area contributed by atoms with Crippen LogP contribution in [0, 0.1) is 35.0 Å². The number of hydrogen-bond donors (Lipinski definition) is 0. The van der Waals surface area contributed by atoms with E-state index < -0.39 is 0 Å². The van der Waals surface area contributed by atoms with Gasteiger partial charge in [-0.3, -0.25) is 9.59 Å². The average Bonchev–Trinajstić information content (AvgIpc) is 3.03. The van der Waals surface area contributed by atoms with Crippen molar-refractivity contribution in [1.82, 2.24) is 0 Å². The maximum Gasteiger partial charge on any atom is 0.184 e. The number of carbonyl (C=O) groups is 2. The maximum atomic E-state index is 12.5. The Kier molecular flexibility index (Phi) is 5.81. The van der Waals surface area contributed by atoms with Crippen LogP contribution in [0.5, 0.6) is 0 Å². The molecule has 0 saturated heterocycles. The molecule has 7 atom stereocenters. The number of carbonyl (C=O) groups excluding carboxylic acids is 2. The zero-order valence-corrected chi connectivity index (χ0v) is 17.7. The van der Waals surface area contributed by atoms with Gasteiger partial charge < -0.3 is 9.47 Å². The monoisotopic (exact) mass is 388 g/mol. The molecule has 28 heavy (non-hydrogen) atoms. The first-order chi connectivity index (χ1) is 13.5. The van der Waals surface area contributed by atoms with E-state index in [2.05, 4.69) is 13.8 Å². The minimum Gasteiger partial charge on any atom is -0.355 e. The van der Waals surface area contributed by atoms with Gasteiger partial charge in [-0.25, -0.2) is 0 Å². The number of hydrogen-bond acceptors (Lipinski definition) is 4. The van der Waals surface area contributed by atoms with Crippen molar-refractivity contribution < 1.29 is 19.1 Å². The Hall–Kier alpha value is -1.00. The second-order valence-electron chi connectivity index (χ2n) is 9.90. The molecule has 1 unspecified atom stereocenters. The molecule has 3 saturated carbocycles. The molecule has 4 aliphatic carbocycles. The molecule has 0 aliphatic heterocycles. The molecule has 0 bridgehead atoms. The SMILES string of the molecule is CCCOCOC1C[C@H]2C(=CC1=O)CC[C@@H]1[C@@H]2CC[C@]2(C)[C@@H](C(C)=O)CC[C@@H]12. The summed E-state index contributed by atoms with van der Waals surface area (Å²) in [5.74, 6) is 3.29. The number of rotatable bonds is 6. The molecule has 0 aromatic carbocycles. The van der Waals surface area contributed by atoms with E-state index in [9.17, 15) is 9.59 Å². The summed E-state index contributed by atoms with van der Waals surface area (Å²) < 4.78 is 11.3. The smallest absolute Gasteiger partial charge is 0.184 e. The quantitative estimate of drug-likeness (QED) is 0.488. The topological polar surface area (TPSA) is 52.6 Å². The van der Waals surface area contributed by atoms with Crippen LogP contribution in [0.25, 0.3) is 0 Å². The lowest BCUT2D eigenvalue weighted by Gasteiger charge is -2.54. The molecule has 3 fully saturated rings. The first kappa shape index (κ1) is 20.3. The van der Waals surface area contributed by atoms with Crippen molar-refractivity contribution in [2.24, 2.45) is 35.0 Å². The predicted molar refractivity (Wildman–Crippen MR) is 108 cm³/mol. The fourth-order valence-corrected chi connectivity index (χ4v) is 7.30. The minimum absolute atomic E-state index is 0.128. The van der Waals surface area contributed by atoms with Gasteiger partial charge >= 0.3 is 0 Å². The molecular formula is C24H36O4. The van der Waals surface area contributed by atoms with E-state index in [0.29, 0.717) is 36.1 Å². The van der Waals surface area contributed by atoms with Crippen molar-refractivity contribution >= 4 is 11.6 Å². The summed E-state index contributed by atoms with van der Waals surface area (Å²) >= 11 is 0. The first-order valence-electron chi connectivity index (χ1n) is 11.4. The molecule has 4 nitrogen and oxygen atoms in total. The van der Waals surface area contributed by atoms with Crippen molar-refractivity contribution in [3.63, 3.8) is 0 Å². The zero-order chi connectivity index (χ0) is 19.9. The summed E-state index contributed by atoms with van der Waals surface area (Å²) in [6.07, 6.45) is 10.2. The molecule has 0 radical (unpaired) electrons. The molecule has 0 N–H and O–H groups in total. The molecule has 0 amide bonds. The lowest BCUT2D eigenvalue weighted by molar-refractivity contribution is -0.143. The van der Waals surface area contributed by atoms with Gasteiger partial charge in [0.2, 0.25) is 0 Å². The summed E-state index contributed by atoms with van der Waals surface area (Å²) in [6.45, 7) is 7.14. The molecule has 156 valence electrons. The molecule has 0 spiro atoms. The number of ether oxygens (including phenoxy) is 2. The molecule has 0 aromatic rings. The molecule has 4 rings (SSSR count). The van der Waals surface area contributed by atoms with Crippen molar-refractivity contribution in [1.29, 1.82) is 0 Å². The van der Waals surface area contributed by atoms with Gasteiger partial charge in [0.15, 0.2) is 5.78 Å². The standard InChI is InChI=1S/C24H36O4/c1-4-11-27-14-28-23-13-19-16(12-22(23)26)5-6-18-17(19)9-10-24(3)20(15(2)25)7-8-21(18)24/h12,17-21,23H,4-11,13-14H2,1-3H3/t17-,18+,19-,20+,21-,23?,24+/m0/s1. The third-order valence-electron chi connectivity index (χ3n) is 8.56. The Labute approximate surface area is 169 Å². The molecule has 0 heterocycles. The van der Waals surface area contributed by atoms with Crippen molar-refractivity contribution in [2.45, 2.75) is 78.2 Å². The summed E-state index contributed by atoms with van der Waals surface area (Å²) in [5.41, 5.74) is 1.56. The second kappa shape index (κ2) is 8.02. The fourth-order valence-electron chi connectivity index (χ4n) is 7.30. The van der Waals surface area contributed by atoms with E-state index in [1.54, 1.807) is 6.92 Å². The highest BCUT2D eigenvalue weighted by molar-refractivity contribution is 5.95. The van der Waals surface area contributed by atoms with E-state index >= 15 is 0 Å². The summed E-state index contributed by atoms with van der Waals surface area (Å²) in [7, 11) is 0. The van der Waals surface area contributed by atoms with Crippen LogP contribution < -0.4 is 0 Å². The van der Waals surface area contributed by atoms with Gasteiger partial charge in [-0.2, -0.15) is 0 Å². The number of Topliss-reactive ketones (excluding diaryl/α,β-unsaturated/α-hetero) is 1. The fraction of sp³-hybridized carbons (Fsp3) is 0.833. The van der Waals surface area contributed by atoms with Gasteiger partial charge in [0.1, 0.15) is 18.7 Å². The number of allylic oxidation sites excluding steroid dienone is 1. The Balaban J connectivity index is 1.48. The first-order valence-corrected chi connectivity index (χ1v) is 11.4. The Bertz CT molecular complexity index is 653. The average molecular weight is 389 g/mol. The predicted octanol–water partition coefficient (Wildman–Crippen LogP) is 4.71. The molecular weight excluding hydrogens is 352 g/mol. The number of ketones is 2. The Morgan fingerprint density at radius 1 is 1.21 bits per heavy atom. The Morgan fingerprint density at radius 3 is 2.79 bits per heavy atom. The minimum atomic E-state index is -0.341. The van der Waals surface area contributed by atoms with Crippen LogP contribution >= 0.6 is 0 Å². The molecule has 4 heteroatoms. The maximum absolute atomic E-state index is 12.5. The van der Waals surface area contributed by atoms with E-state index in [1.807, 2.05) is 6.08 Å². The normalized spacial score (nSPS) is 42.4. The van der Waals surface area contributed by atoms with E-state index in [1.165, 1.54) is 24.8 Å². The van der Waals surface area contributed by atoms with Gasteiger partial charge in [-0.05, 0) is 93.5 Å². The lowest BCUT2D eigenvalue weighted by Crippen LogP contribution is -2.48. The van der Waals surface area contributed by atoms with E-state index in [4.69, 9.17) is 9.47 Å². The van der Waals surface area contributed by atoms with Crippen molar-refractivity contribution in [3.8, 4) is 0 Å². The number of fused-ring (bicyclic) bond motifs is 5. The van der Waals surface area contributed by atoms with Crippen LogP contribution in [-0.4, -0.2) is 31.1 Å². The molecule has 4 aliphatic rings. The molecule has 0 aromatic heterocycles. The van der Waals surface area contributed by atoms with Crippen molar-refractivity contribution in [3.05, 3.63) is 11.6 Å². The summed E-state index contributed by atoms with van der Waals surface area (Å²) in [6, 6.07) is 0. The van der Waals surface area contributed by atoms with Crippen molar-refractivity contribution in [2.75, 3.05) is 13.4 Å². The van der Waals surface area contributed by atoms with Crippen LogP contribution in [0.1, 0.15) is 72.1 Å². The second-order valence-corrected chi connectivity index (χ2v) is 9.90. The van der Waals surface area contributed by atoms with Crippen LogP contribution in [0.15, 0.2) is 11.6 Å². The van der Waals surface area contributed by atoms with Gasteiger partial charge in [0.25, 0.3) is 0 Å². The third kappa shape index (κ3) is 3.41. The highest BCUT2D eigenvalue weighted by Gasteiger charge is 2.57. The summed E-state index contributed by atoms with van der Waals surface area (Å²) in [4.78, 5) is 24.8. The van der Waals surface area contributed by atoms with Crippen LogP contribution in [-0.2, 0) is 19.1 Å². The highest BCUT2D eigenvalue weighted by Crippen LogP contribution is 2.63. The Morgan fingerprint density at radius 2 is 2.04 bits per heavy atom. The van der Waals surface area contributed by atoms with Crippen LogP contribution in [0.3, 0.4) is 0 Å². The zero-order valence-electron chi connectivity index (χ0n) is 17.7. The van der Waals surface area contributed by atoms with Gasteiger partial charge in [-0.1, -0.05) is 19.4 Å². The van der Waals surface area contributed by atoms with Gasteiger partial charge in [0, 0.05) is 12.5 Å². The van der Waals surface area contributed by atoms with Crippen LogP contribution in [0.2, 0.25) is 0 Å². The largest absolute Gasteiger partial charge is 0.355 e. The highest BCUT2D eigenvalue weighted by atomic mass is 16.7. The van der Waals surface area contributed by atoms with Crippen LogP contribution in [0.4, 0.5) is 0 Å². The van der Waals surface area contributed by atoms with Gasteiger partial charge in [-0.15, -0.1) is 0 Å². The van der Waals surface area contributed by atoms with E-state index in [0.717, 1.165) is 32.1 Å². The van der Waals surface area contributed by atoms with E-state index in [-0.39, 0.29) is 30.0 Å².